The maximum absolute atomic E-state index is 13.5. The number of ketones is 1. The van der Waals surface area contributed by atoms with Gasteiger partial charge in [0.05, 0.1) is 11.9 Å². The van der Waals surface area contributed by atoms with Gasteiger partial charge < -0.3 is 0 Å². The zero-order chi connectivity index (χ0) is 20.6. The lowest BCUT2D eigenvalue weighted by Crippen LogP contribution is -2.12. The van der Waals surface area contributed by atoms with E-state index in [0.29, 0.717) is 16.9 Å². The fraction of sp³-hybridized carbons (Fsp3) is 0.100. The third kappa shape index (κ3) is 3.84. The number of hydrogen-bond donors (Lipinski definition) is 0. The Morgan fingerprint density at radius 2 is 1.86 bits per heavy atom. The number of carbonyl (C=O) groups is 1. The highest BCUT2D eigenvalue weighted by molar-refractivity contribution is 5.95. The molecule has 0 aliphatic carbocycles. The van der Waals surface area contributed by atoms with Crippen molar-refractivity contribution in [2.45, 2.75) is 12.6 Å². The molecule has 0 spiro atoms. The molecule has 0 aliphatic heterocycles. The quantitative estimate of drug-likeness (QED) is 0.377. The first-order valence-corrected chi connectivity index (χ1v) is 8.47. The summed E-state index contributed by atoms with van der Waals surface area (Å²) in [6.07, 6.45) is -2.34. The number of halogens is 4. The standard InChI is InChI=1S/C20H12F4N4O/c21-14-3-1-2-13(10-14)16-11-26-19-5-4-15(27-28(16)19)17(29)8-12-6-7-25-18(9-12)20(22,23)24/h1-7,9-11H,8H2. The van der Waals surface area contributed by atoms with Crippen LogP contribution in [0.5, 0.6) is 0 Å². The molecule has 0 bridgehead atoms. The number of hydrogen-bond acceptors (Lipinski definition) is 4. The predicted octanol–water partition coefficient (Wildman–Crippen LogP) is 4.37. The van der Waals surface area contributed by atoms with Crippen molar-refractivity contribution in [3.8, 4) is 11.3 Å². The third-order valence-electron chi connectivity index (χ3n) is 4.25. The Kier molecular flexibility index (Phi) is 4.57. The van der Waals surface area contributed by atoms with Crippen LogP contribution in [0, 0.1) is 5.82 Å². The molecule has 0 amide bonds. The van der Waals surface area contributed by atoms with Gasteiger partial charge >= 0.3 is 6.18 Å². The number of imidazole rings is 1. The Morgan fingerprint density at radius 1 is 1.03 bits per heavy atom. The molecule has 29 heavy (non-hydrogen) atoms. The molecule has 0 radical (unpaired) electrons. The second-order valence-electron chi connectivity index (χ2n) is 6.29. The minimum Gasteiger partial charge on any atom is -0.292 e. The van der Waals surface area contributed by atoms with Crippen molar-refractivity contribution in [2.24, 2.45) is 0 Å². The maximum Gasteiger partial charge on any atom is 0.433 e. The highest BCUT2D eigenvalue weighted by atomic mass is 19.4. The van der Waals surface area contributed by atoms with Crippen LogP contribution in [0.25, 0.3) is 16.9 Å². The van der Waals surface area contributed by atoms with Crippen LogP contribution in [0.4, 0.5) is 17.6 Å². The molecule has 0 saturated heterocycles. The van der Waals surface area contributed by atoms with Crippen molar-refractivity contribution in [1.29, 1.82) is 0 Å². The number of Topliss-reactive ketones (excluding diaryl/α,β-unsaturated/α-hetero) is 1. The molecule has 0 fully saturated rings. The minimum absolute atomic E-state index is 0.0542. The molecular formula is C20H12F4N4O. The smallest absolute Gasteiger partial charge is 0.292 e. The van der Waals surface area contributed by atoms with Gasteiger partial charge in [0, 0.05) is 18.2 Å². The van der Waals surface area contributed by atoms with Crippen LogP contribution in [-0.2, 0) is 12.6 Å². The van der Waals surface area contributed by atoms with E-state index in [1.165, 1.54) is 35.0 Å². The first-order valence-electron chi connectivity index (χ1n) is 8.47. The van der Waals surface area contributed by atoms with Crippen molar-refractivity contribution in [2.75, 3.05) is 0 Å². The van der Waals surface area contributed by atoms with Crippen LogP contribution < -0.4 is 0 Å². The summed E-state index contributed by atoms with van der Waals surface area (Å²) in [4.78, 5) is 20.0. The fourth-order valence-corrected chi connectivity index (χ4v) is 2.88. The second kappa shape index (κ2) is 7.08. The summed E-state index contributed by atoms with van der Waals surface area (Å²) in [5.41, 5.74) is 0.628. The van der Waals surface area contributed by atoms with E-state index in [4.69, 9.17) is 0 Å². The summed E-state index contributed by atoms with van der Waals surface area (Å²) in [6.45, 7) is 0. The van der Waals surface area contributed by atoms with Gasteiger partial charge in [-0.05, 0) is 42.0 Å². The van der Waals surface area contributed by atoms with Crippen molar-refractivity contribution < 1.29 is 22.4 Å². The number of carbonyl (C=O) groups excluding carboxylic acids is 1. The molecule has 5 nitrogen and oxygen atoms in total. The third-order valence-corrected chi connectivity index (χ3v) is 4.25. The van der Waals surface area contributed by atoms with Crippen LogP contribution in [0.1, 0.15) is 21.7 Å². The van der Waals surface area contributed by atoms with Crippen molar-refractivity contribution in [3.63, 3.8) is 0 Å². The van der Waals surface area contributed by atoms with E-state index in [-0.39, 0.29) is 17.7 Å². The zero-order valence-corrected chi connectivity index (χ0v) is 14.7. The summed E-state index contributed by atoms with van der Waals surface area (Å²) < 4.78 is 53.3. The van der Waals surface area contributed by atoms with E-state index in [1.807, 2.05) is 0 Å². The molecule has 0 unspecified atom stereocenters. The number of fused-ring (bicyclic) bond motifs is 1. The van der Waals surface area contributed by atoms with Gasteiger partial charge in [0.25, 0.3) is 0 Å². The number of pyridine rings is 1. The van der Waals surface area contributed by atoms with Gasteiger partial charge in [-0.3, -0.25) is 9.78 Å². The van der Waals surface area contributed by atoms with Crippen LogP contribution in [0.15, 0.2) is 60.9 Å². The van der Waals surface area contributed by atoms with Gasteiger partial charge in [0.1, 0.15) is 17.2 Å². The molecule has 4 aromatic rings. The lowest BCUT2D eigenvalue weighted by molar-refractivity contribution is -0.141. The molecule has 0 N–H and O–H groups in total. The van der Waals surface area contributed by atoms with E-state index in [0.717, 1.165) is 12.3 Å². The average Bonchev–Trinajstić information content (AvgIpc) is 3.11. The lowest BCUT2D eigenvalue weighted by Gasteiger charge is -2.07. The molecule has 0 atom stereocenters. The Labute approximate surface area is 161 Å². The fourth-order valence-electron chi connectivity index (χ4n) is 2.88. The van der Waals surface area contributed by atoms with Crippen LogP contribution in [0.2, 0.25) is 0 Å². The molecule has 0 aliphatic rings. The molecule has 1 aromatic carbocycles. The van der Waals surface area contributed by atoms with E-state index < -0.39 is 23.5 Å². The molecule has 146 valence electrons. The van der Waals surface area contributed by atoms with Crippen molar-refractivity contribution in [3.05, 3.63) is 83.7 Å². The number of benzene rings is 1. The summed E-state index contributed by atoms with van der Waals surface area (Å²) in [6, 6.07) is 11.0. The molecule has 3 aromatic heterocycles. The number of alkyl halides is 3. The Balaban J connectivity index is 1.66. The predicted molar refractivity (Wildman–Crippen MR) is 95.7 cm³/mol. The van der Waals surface area contributed by atoms with Crippen LogP contribution >= 0.6 is 0 Å². The molecule has 0 saturated carbocycles. The Morgan fingerprint density at radius 3 is 2.62 bits per heavy atom. The highest BCUT2D eigenvalue weighted by Crippen LogP contribution is 2.28. The van der Waals surface area contributed by atoms with Gasteiger partial charge in [-0.25, -0.2) is 13.9 Å². The van der Waals surface area contributed by atoms with Crippen molar-refractivity contribution >= 4 is 11.4 Å². The molecule has 4 rings (SSSR count). The lowest BCUT2D eigenvalue weighted by atomic mass is 10.1. The molecule has 3 heterocycles. The SMILES string of the molecule is O=C(Cc1ccnc(C(F)(F)F)c1)c1ccc2ncc(-c3cccc(F)c3)n2n1. The zero-order valence-electron chi connectivity index (χ0n) is 14.7. The second-order valence-corrected chi connectivity index (χ2v) is 6.29. The largest absolute Gasteiger partial charge is 0.433 e. The van der Waals surface area contributed by atoms with Gasteiger partial charge in [0.2, 0.25) is 0 Å². The Hall–Kier alpha value is -3.62. The average molecular weight is 400 g/mol. The van der Waals surface area contributed by atoms with Gasteiger partial charge in [0.15, 0.2) is 11.4 Å². The van der Waals surface area contributed by atoms with Crippen LogP contribution in [-0.4, -0.2) is 25.4 Å². The number of aromatic nitrogens is 4. The maximum atomic E-state index is 13.5. The van der Waals surface area contributed by atoms with E-state index >= 15 is 0 Å². The summed E-state index contributed by atoms with van der Waals surface area (Å²) in [5, 5.41) is 4.25. The van der Waals surface area contributed by atoms with E-state index in [9.17, 15) is 22.4 Å². The molecule has 9 heteroatoms. The van der Waals surface area contributed by atoms with Gasteiger partial charge in [-0.1, -0.05) is 12.1 Å². The number of nitrogens with zero attached hydrogens (tertiary/aromatic N) is 4. The topological polar surface area (TPSA) is 60.2 Å². The van der Waals surface area contributed by atoms with Gasteiger partial charge in [-0.2, -0.15) is 18.3 Å². The van der Waals surface area contributed by atoms with E-state index in [1.54, 1.807) is 18.2 Å². The van der Waals surface area contributed by atoms with Crippen LogP contribution in [0.3, 0.4) is 0 Å². The van der Waals surface area contributed by atoms with E-state index in [2.05, 4.69) is 15.1 Å². The first-order chi connectivity index (χ1) is 13.8. The highest BCUT2D eigenvalue weighted by Gasteiger charge is 2.32. The first kappa shape index (κ1) is 18.7. The Bertz CT molecular complexity index is 1220. The normalized spacial score (nSPS) is 11.7. The number of rotatable bonds is 4. The van der Waals surface area contributed by atoms with Gasteiger partial charge in [-0.15, -0.1) is 0 Å². The summed E-state index contributed by atoms with van der Waals surface area (Å²) in [7, 11) is 0. The summed E-state index contributed by atoms with van der Waals surface area (Å²) in [5.74, 6) is -0.895. The van der Waals surface area contributed by atoms with Crippen molar-refractivity contribution in [1.82, 2.24) is 19.6 Å². The minimum atomic E-state index is -4.59. The molecular weight excluding hydrogens is 388 g/mol. The monoisotopic (exact) mass is 400 g/mol. The summed E-state index contributed by atoms with van der Waals surface area (Å²) >= 11 is 0.